The molecular formula is C32H26N4O5. The van der Waals surface area contributed by atoms with Crippen molar-refractivity contribution in [3.05, 3.63) is 108 Å². The van der Waals surface area contributed by atoms with Crippen molar-refractivity contribution in [2.24, 2.45) is 0 Å². The van der Waals surface area contributed by atoms with Crippen LogP contribution in [0.5, 0.6) is 34.6 Å². The Morgan fingerprint density at radius 1 is 0.829 bits per heavy atom. The van der Waals surface area contributed by atoms with Crippen LogP contribution in [0.3, 0.4) is 0 Å². The summed E-state index contributed by atoms with van der Waals surface area (Å²) in [6, 6.07) is 25.7. The Labute approximate surface area is 235 Å². The monoisotopic (exact) mass is 546 g/mol. The molecule has 1 aliphatic heterocycles. The summed E-state index contributed by atoms with van der Waals surface area (Å²) in [7, 11) is 4.89. The molecule has 1 aliphatic rings. The largest absolute Gasteiger partial charge is 0.497 e. The Bertz CT molecular complexity index is 1900. The highest BCUT2D eigenvalue weighted by molar-refractivity contribution is 5.91. The van der Waals surface area contributed by atoms with Crippen molar-refractivity contribution in [3.63, 3.8) is 0 Å². The normalized spacial score (nSPS) is 13.8. The van der Waals surface area contributed by atoms with Crippen LogP contribution in [0, 0.1) is 0 Å². The van der Waals surface area contributed by atoms with Crippen molar-refractivity contribution in [1.82, 2.24) is 19.6 Å². The second-order valence-electron chi connectivity index (χ2n) is 9.58. The van der Waals surface area contributed by atoms with Gasteiger partial charge in [-0.15, -0.1) is 5.10 Å². The first kappa shape index (κ1) is 24.7. The van der Waals surface area contributed by atoms with E-state index in [-0.39, 0.29) is 12.5 Å². The highest BCUT2D eigenvalue weighted by Gasteiger charge is 2.34. The van der Waals surface area contributed by atoms with E-state index in [0.29, 0.717) is 34.6 Å². The molecular weight excluding hydrogens is 520 g/mol. The highest BCUT2D eigenvalue weighted by Crippen LogP contribution is 2.51. The molecule has 1 atom stereocenters. The zero-order valence-electron chi connectivity index (χ0n) is 22.7. The zero-order chi connectivity index (χ0) is 27.9. The average molecular weight is 547 g/mol. The van der Waals surface area contributed by atoms with Crippen molar-refractivity contribution in [2.45, 2.75) is 12.5 Å². The second kappa shape index (κ2) is 10.0. The fourth-order valence-electron chi connectivity index (χ4n) is 5.35. The van der Waals surface area contributed by atoms with Crippen molar-refractivity contribution >= 4 is 16.4 Å². The maximum Gasteiger partial charge on any atom is 0.228 e. The standard InChI is InChI=1S/C32H26N4O5/c1-37-21-10-12-22(13-11-21)40-17-27-34-31-29-28(20-9-15-25(38-2)26(16-20)39-3)24-14-8-19-6-4-5-7-23(19)30(24)41-32(29)33-18-36(31)35-27/h4-16,18,28H,17H2,1-3H3. The van der Waals surface area contributed by atoms with Gasteiger partial charge in [0.2, 0.25) is 5.88 Å². The van der Waals surface area contributed by atoms with E-state index in [1.54, 1.807) is 32.2 Å². The van der Waals surface area contributed by atoms with Crippen LogP contribution < -0.4 is 23.7 Å². The van der Waals surface area contributed by atoms with Gasteiger partial charge in [-0.3, -0.25) is 0 Å². The van der Waals surface area contributed by atoms with Gasteiger partial charge in [0.1, 0.15) is 30.2 Å². The molecule has 0 saturated carbocycles. The number of hydrogen-bond acceptors (Lipinski definition) is 8. The van der Waals surface area contributed by atoms with Crippen LogP contribution in [0.25, 0.3) is 16.4 Å². The van der Waals surface area contributed by atoms with E-state index >= 15 is 0 Å². The third-order valence-corrected chi connectivity index (χ3v) is 7.31. The van der Waals surface area contributed by atoms with Gasteiger partial charge in [-0.25, -0.2) is 14.5 Å². The molecule has 0 spiro atoms. The number of benzene rings is 4. The van der Waals surface area contributed by atoms with Crippen LogP contribution >= 0.6 is 0 Å². The van der Waals surface area contributed by atoms with Crippen LogP contribution in [-0.2, 0) is 6.61 Å². The molecule has 9 nitrogen and oxygen atoms in total. The van der Waals surface area contributed by atoms with Crippen molar-refractivity contribution in [3.8, 4) is 34.6 Å². The smallest absolute Gasteiger partial charge is 0.228 e. The number of ether oxygens (including phenoxy) is 5. The minimum atomic E-state index is -0.256. The molecule has 6 aromatic rings. The first-order chi connectivity index (χ1) is 20.2. The zero-order valence-corrected chi connectivity index (χ0v) is 22.7. The number of nitrogens with zero attached hydrogens (tertiary/aromatic N) is 4. The van der Waals surface area contributed by atoms with Gasteiger partial charge in [0.05, 0.1) is 26.9 Å². The topological polar surface area (TPSA) is 89.2 Å². The van der Waals surface area contributed by atoms with Gasteiger partial charge in [-0.1, -0.05) is 42.5 Å². The minimum absolute atomic E-state index is 0.186. The molecule has 9 heteroatoms. The number of rotatable bonds is 7. The molecule has 1 unspecified atom stereocenters. The van der Waals surface area contributed by atoms with Gasteiger partial charge < -0.3 is 23.7 Å². The summed E-state index contributed by atoms with van der Waals surface area (Å²) in [5, 5.41) is 6.76. The number of aromatic nitrogens is 4. The van der Waals surface area contributed by atoms with Gasteiger partial charge in [-0.05, 0) is 47.3 Å². The summed E-state index contributed by atoms with van der Waals surface area (Å²) in [6.45, 7) is 0.186. The number of methoxy groups -OCH3 is 3. The minimum Gasteiger partial charge on any atom is -0.497 e. The summed E-state index contributed by atoms with van der Waals surface area (Å²) in [5.41, 5.74) is 3.43. The van der Waals surface area contributed by atoms with Crippen LogP contribution in [0.1, 0.15) is 28.4 Å². The summed E-state index contributed by atoms with van der Waals surface area (Å²) in [6.07, 6.45) is 1.62. The predicted octanol–water partition coefficient (Wildman–Crippen LogP) is 6.17. The molecule has 0 radical (unpaired) electrons. The van der Waals surface area contributed by atoms with E-state index in [1.165, 1.54) is 0 Å². The Balaban J connectivity index is 1.36. The van der Waals surface area contributed by atoms with Crippen molar-refractivity contribution < 1.29 is 23.7 Å². The Hall–Kier alpha value is -5.31. The molecule has 3 heterocycles. The molecule has 0 saturated heterocycles. The number of fused-ring (bicyclic) bond motifs is 6. The molecule has 0 bridgehead atoms. The van der Waals surface area contributed by atoms with E-state index in [9.17, 15) is 0 Å². The summed E-state index contributed by atoms with van der Waals surface area (Å²) in [5.74, 6) is 4.26. The van der Waals surface area contributed by atoms with E-state index in [1.807, 2.05) is 54.6 Å². The van der Waals surface area contributed by atoms with E-state index in [0.717, 1.165) is 39.0 Å². The Morgan fingerprint density at radius 2 is 1.63 bits per heavy atom. The maximum absolute atomic E-state index is 6.52. The molecule has 2 aromatic heterocycles. The van der Waals surface area contributed by atoms with Crippen LogP contribution in [0.4, 0.5) is 0 Å². The average Bonchev–Trinajstić information content (AvgIpc) is 3.46. The SMILES string of the molecule is COc1ccc(OCc2nc3c4c(ncn3n2)Oc2c(ccc3ccccc23)C4c2ccc(OC)c(OC)c2)cc1. The Kier molecular flexibility index (Phi) is 6.04. The maximum atomic E-state index is 6.52. The summed E-state index contributed by atoms with van der Waals surface area (Å²) >= 11 is 0. The van der Waals surface area contributed by atoms with Gasteiger partial charge in [-0.2, -0.15) is 0 Å². The Morgan fingerprint density at radius 3 is 2.44 bits per heavy atom. The lowest BCUT2D eigenvalue weighted by molar-refractivity contribution is 0.295. The third kappa shape index (κ3) is 4.22. The van der Waals surface area contributed by atoms with Gasteiger partial charge in [0.25, 0.3) is 0 Å². The third-order valence-electron chi connectivity index (χ3n) is 7.31. The van der Waals surface area contributed by atoms with E-state index < -0.39 is 0 Å². The summed E-state index contributed by atoms with van der Waals surface area (Å²) in [4.78, 5) is 9.57. The molecule has 204 valence electrons. The van der Waals surface area contributed by atoms with E-state index in [2.05, 4.69) is 34.3 Å². The van der Waals surface area contributed by atoms with Crippen LogP contribution in [-0.4, -0.2) is 40.9 Å². The van der Waals surface area contributed by atoms with Crippen molar-refractivity contribution in [1.29, 1.82) is 0 Å². The van der Waals surface area contributed by atoms with Crippen LogP contribution in [0.15, 0.2) is 85.2 Å². The predicted molar refractivity (Wildman–Crippen MR) is 153 cm³/mol. The fraction of sp³-hybridized carbons (Fsp3) is 0.156. The van der Waals surface area contributed by atoms with Gasteiger partial charge in [0.15, 0.2) is 23.0 Å². The second-order valence-corrected chi connectivity index (χ2v) is 9.58. The lowest BCUT2D eigenvalue weighted by Gasteiger charge is -2.29. The first-order valence-corrected chi connectivity index (χ1v) is 13.1. The molecule has 4 aromatic carbocycles. The molecule has 0 amide bonds. The lowest BCUT2D eigenvalue weighted by atomic mass is 9.82. The van der Waals surface area contributed by atoms with Gasteiger partial charge >= 0.3 is 0 Å². The van der Waals surface area contributed by atoms with Gasteiger partial charge in [0, 0.05) is 16.9 Å². The molecule has 0 aliphatic carbocycles. The fourth-order valence-corrected chi connectivity index (χ4v) is 5.35. The molecule has 41 heavy (non-hydrogen) atoms. The van der Waals surface area contributed by atoms with E-state index in [4.69, 9.17) is 28.7 Å². The highest BCUT2D eigenvalue weighted by atomic mass is 16.5. The first-order valence-electron chi connectivity index (χ1n) is 13.1. The number of hydrogen-bond donors (Lipinski definition) is 0. The van der Waals surface area contributed by atoms with Crippen LogP contribution in [0.2, 0.25) is 0 Å². The quantitative estimate of drug-likeness (QED) is 0.235. The molecule has 0 N–H and O–H groups in total. The molecule has 0 fully saturated rings. The lowest BCUT2D eigenvalue weighted by Crippen LogP contribution is -2.15. The molecule has 7 rings (SSSR count). The van der Waals surface area contributed by atoms with Crippen molar-refractivity contribution in [2.75, 3.05) is 21.3 Å². The summed E-state index contributed by atoms with van der Waals surface area (Å²) < 4.78 is 30.6.